The first-order chi connectivity index (χ1) is 10.7. The van der Waals surface area contributed by atoms with E-state index in [1.807, 2.05) is 23.1 Å². The van der Waals surface area contributed by atoms with Gasteiger partial charge >= 0.3 is 0 Å². The van der Waals surface area contributed by atoms with Crippen molar-refractivity contribution in [3.8, 4) is 5.88 Å². The number of methoxy groups -OCH3 is 1. The van der Waals surface area contributed by atoms with E-state index in [4.69, 9.17) is 14.2 Å². The van der Waals surface area contributed by atoms with E-state index in [0.29, 0.717) is 44.5 Å². The van der Waals surface area contributed by atoms with Gasteiger partial charge in [-0.1, -0.05) is 6.07 Å². The number of amides is 1. The summed E-state index contributed by atoms with van der Waals surface area (Å²) < 4.78 is 16.7. The Hall–Kier alpha value is -1.66. The molecule has 1 aromatic heterocycles. The van der Waals surface area contributed by atoms with Crippen LogP contribution in [0.4, 0.5) is 0 Å². The van der Waals surface area contributed by atoms with Crippen molar-refractivity contribution in [1.29, 1.82) is 0 Å². The van der Waals surface area contributed by atoms with Gasteiger partial charge in [0, 0.05) is 31.9 Å². The van der Waals surface area contributed by atoms with Crippen molar-refractivity contribution in [1.82, 2.24) is 9.88 Å². The second-order valence-electron chi connectivity index (χ2n) is 5.87. The number of hydrogen-bond donors (Lipinski definition) is 0. The fourth-order valence-corrected chi connectivity index (χ4v) is 3.11. The van der Waals surface area contributed by atoms with Crippen molar-refractivity contribution in [2.24, 2.45) is 5.92 Å². The molecular formula is C16H22N2O4. The standard InChI is InChI=1S/C16H22N2O4/c1-20-8-6-15(19)18-11-16(12-18)13(5-9-22-16)10-21-14-4-2-3-7-17-14/h2-4,7,13H,5-6,8-12H2,1H3/t13-/m0/s1. The molecule has 22 heavy (non-hydrogen) atoms. The second-order valence-corrected chi connectivity index (χ2v) is 5.87. The van der Waals surface area contributed by atoms with Crippen LogP contribution in [0.2, 0.25) is 0 Å². The number of pyridine rings is 1. The zero-order valence-corrected chi connectivity index (χ0v) is 12.9. The fraction of sp³-hybridized carbons (Fsp3) is 0.625. The molecule has 0 unspecified atom stereocenters. The van der Waals surface area contributed by atoms with Crippen LogP contribution in [-0.4, -0.2) is 61.4 Å². The number of ether oxygens (including phenoxy) is 3. The Kier molecular flexibility index (Phi) is 4.59. The summed E-state index contributed by atoms with van der Waals surface area (Å²) in [6, 6.07) is 5.62. The zero-order chi connectivity index (χ0) is 15.4. The van der Waals surface area contributed by atoms with Gasteiger partial charge in [-0.25, -0.2) is 4.98 Å². The van der Waals surface area contributed by atoms with Gasteiger partial charge in [-0.3, -0.25) is 4.79 Å². The van der Waals surface area contributed by atoms with Gasteiger partial charge in [-0.15, -0.1) is 0 Å². The van der Waals surface area contributed by atoms with E-state index < -0.39 is 0 Å². The molecule has 0 aliphatic carbocycles. The lowest BCUT2D eigenvalue weighted by Gasteiger charge is -2.50. The molecule has 2 aliphatic rings. The normalized spacial score (nSPS) is 22.6. The molecule has 2 saturated heterocycles. The quantitative estimate of drug-likeness (QED) is 0.788. The highest BCUT2D eigenvalue weighted by Gasteiger charge is 2.54. The Bertz CT molecular complexity index is 502. The number of likely N-dealkylation sites (tertiary alicyclic amines) is 1. The Morgan fingerprint density at radius 1 is 1.50 bits per heavy atom. The molecule has 6 nitrogen and oxygen atoms in total. The number of carbonyl (C=O) groups excluding carboxylic acids is 1. The van der Waals surface area contributed by atoms with E-state index in [0.717, 1.165) is 13.0 Å². The van der Waals surface area contributed by atoms with Gasteiger partial charge in [0.2, 0.25) is 11.8 Å². The lowest BCUT2D eigenvalue weighted by atomic mass is 9.81. The minimum absolute atomic E-state index is 0.132. The van der Waals surface area contributed by atoms with Crippen molar-refractivity contribution < 1.29 is 19.0 Å². The Morgan fingerprint density at radius 3 is 3.09 bits per heavy atom. The summed E-state index contributed by atoms with van der Waals surface area (Å²) in [5, 5.41) is 0. The van der Waals surface area contributed by atoms with Crippen LogP contribution in [0.25, 0.3) is 0 Å². The van der Waals surface area contributed by atoms with Crippen LogP contribution < -0.4 is 4.74 Å². The second kappa shape index (κ2) is 6.62. The maximum atomic E-state index is 12.0. The molecule has 3 heterocycles. The molecule has 0 radical (unpaired) electrons. The summed E-state index contributed by atoms with van der Waals surface area (Å²) in [6.45, 7) is 3.10. The molecule has 0 saturated carbocycles. The SMILES string of the molecule is COCCC(=O)N1CC2(C1)OCC[C@H]2COc1ccccn1. The van der Waals surface area contributed by atoms with Gasteiger partial charge in [0.05, 0.1) is 32.7 Å². The average molecular weight is 306 g/mol. The molecular weight excluding hydrogens is 284 g/mol. The summed E-state index contributed by atoms with van der Waals surface area (Å²) in [6.07, 6.45) is 3.12. The van der Waals surface area contributed by atoms with Crippen molar-refractivity contribution in [2.75, 3.05) is 40.0 Å². The Labute approximate surface area is 130 Å². The molecule has 3 rings (SSSR count). The number of nitrogens with zero attached hydrogens (tertiary/aromatic N) is 2. The third-order valence-corrected chi connectivity index (χ3v) is 4.46. The van der Waals surface area contributed by atoms with Gasteiger partial charge in [0.25, 0.3) is 0 Å². The van der Waals surface area contributed by atoms with Crippen molar-refractivity contribution in [3.63, 3.8) is 0 Å². The number of hydrogen-bond acceptors (Lipinski definition) is 5. The molecule has 0 aromatic carbocycles. The molecule has 1 spiro atoms. The van der Waals surface area contributed by atoms with Gasteiger partial charge in [0.15, 0.2) is 0 Å². The third-order valence-electron chi connectivity index (χ3n) is 4.46. The van der Waals surface area contributed by atoms with E-state index in [1.165, 1.54) is 0 Å². The molecule has 0 bridgehead atoms. The first kappa shape index (κ1) is 15.2. The highest BCUT2D eigenvalue weighted by atomic mass is 16.5. The van der Waals surface area contributed by atoms with Crippen LogP contribution in [-0.2, 0) is 14.3 Å². The van der Waals surface area contributed by atoms with E-state index in [1.54, 1.807) is 13.3 Å². The van der Waals surface area contributed by atoms with Crippen LogP contribution in [0.5, 0.6) is 5.88 Å². The maximum absolute atomic E-state index is 12.0. The van der Waals surface area contributed by atoms with Crippen molar-refractivity contribution >= 4 is 5.91 Å². The summed E-state index contributed by atoms with van der Waals surface area (Å²) in [5.74, 6) is 1.07. The minimum Gasteiger partial charge on any atom is -0.477 e. The van der Waals surface area contributed by atoms with Crippen LogP contribution in [0.3, 0.4) is 0 Å². The van der Waals surface area contributed by atoms with Gasteiger partial charge in [-0.05, 0) is 12.5 Å². The van der Waals surface area contributed by atoms with Crippen LogP contribution in [0.15, 0.2) is 24.4 Å². The predicted octanol–water partition coefficient (Wildman–Crippen LogP) is 1.11. The van der Waals surface area contributed by atoms with Gasteiger partial charge in [-0.2, -0.15) is 0 Å². The van der Waals surface area contributed by atoms with Crippen LogP contribution in [0.1, 0.15) is 12.8 Å². The highest BCUT2D eigenvalue weighted by molar-refractivity contribution is 5.77. The largest absolute Gasteiger partial charge is 0.477 e. The van der Waals surface area contributed by atoms with E-state index in [9.17, 15) is 4.79 Å². The lowest BCUT2D eigenvalue weighted by molar-refractivity contribution is -0.167. The predicted molar refractivity (Wildman–Crippen MR) is 79.6 cm³/mol. The number of rotatable bonds is 6. The van der Waals surface area contributed by atoms with Crippen LogP contribution >= 0.6 is 0 Å². The van der Waals surface area contributed by atoms with Crippen molar-refractivity contribution in [2.45, 2.75) is 18.4 Å². The molecule has 120 valence electrons. The van der Waals surface area contributed by atoms with E-state index in [2.05, 4.69) is 4.98 Å². The maximum Gasteiger partial charge on any atom is 0.225 e. The third kappa shape index (κ3) is 3.08. The minimum atomic E-state index is -0.225. The highest BCUT2D eigenvalue weighted by Crippen LogP contribution is 2.40. The number of aromatic nitrogens is 1. The van der Waals surface area contributed by atoms with E-state index >= 15 is 0 Å². The Morgan fingerprint density at radius 2 is 2.36 bits per heavy atom. The smallest absolute Gasteiger partial charge is 0.225 e. The van der Waals surface area contributed by atoms with Crippen LogP contribution in [0, 0.1) is 5.92 Å². The molecule has 1 amide bonds. The monoisotopic (exact) mass is 306 g/mol. The molecule has 1 aromatic rings. The van der Waals surface area contributed by atoms with Gasteiger partial charge in [0.1, 0.15) is 5.60 Å². The first-order valence-corrected chi connectivity index (χ1v) is 7.68. The summed E-state index contributed by atoms with van der Waals surface area (Å²) >= 11 is 0. The molecule has 6 heteroatoms. The fourth-order valence-electron chi connectivity index (χ4n) is 3.11. The summed E-state index contributed by atoms with van der Waals surface area (Å²) in [7, 11) is 1.61. The van der Waals surface area contributed by atoms with Gasteiger partial charge < -0.3 is 19.1 Å². The molecule has 0 N–H and O–H groups in total. The summed E-state index contributed by atoms with van der Waals surface area (Å²) in [4.78, 5) is 18.0. The lowest BCUT2D eigenvalue weighted by Crippen LogP contribution is -2.66. The Balaban J connectivity index is 1.51. The zero-order valence-electron chi connectivity index (χ0n) is 12.9. The first-order valence-electron chi connectivity index (χ1n) is 7.68. The molecule has 2 fully saturated rings. The van der Waals surface area contributed by atoms with Crippen molar-refractivity contribution in [3.05, 3.63) is 24.4 Å². The topological polar surface area (TPSA) is 60.9 Å². The molecule has 2 aliphatic heterocycles. The average Bonchev–Trinajstić information content (AvgIpc) is 2.94. The summed E-state index contributed by atoms with van der Waals surface area (Å²) in [5.41, 5.74) is -0.225. The molecule has 1 atom stereocenters. The number of carbonyl (C=O) groups is 1. The van der Waals surface area contributed by atoms with E-state index in [-0.39, 0.29) is 11.5 Å².